The summed E-state index contributed by atoms with van der Waals surface area (Å²) in [6, 6.07) is 11.7. The van der Waals surface area contributed by atoms with Crippen LogP contribution in [0.2, 0.25) is 0 Å². The van der Waals surface area contributed by atoms with Gasteiger partial charge in [0.2, 0.25) is 0 Å². The van der Waals surface area contributed by atoms with Crippen LogP contribution >= 0.6 is 0 Å². The van der Waals surface area contributed by atoms with Gasteiger partial charge in [-0.3, -0.25) is 9.78 Å². The maximum Gasteiger partial charge on any atom is 0.309 e. The number of carbonyl (C=O) groups is 1. The summed E-state index contributed by atoms with van der Waals surface area (Å²) < 4.78 is 4.63. The number of esters is 1. The fourth-order valence-corrected chi connectivity index (χ4v) is 1.65. The van der Waals surface area contributed by atoms with Gasteiger partial charge in [0.25, 0.3) is 0 Å². The number of hydrogen-bond acceptors (Lipinski definition) is 3. The second-order valence-electron chi connectivity index (χ2n) is 4.11. The molecule has 1 aromatic heterocycles. The average molecular weight is 253 g/mol. The van der Waals surface area contributed by atoms with E-state index >= 15 is 0 Å². The lowest BCUT2D eigenvalue weighted by Gasteiger charge is -2.00. The van der Waals surface area contributed by atoms with Gasteiger partial charge in [-0.2, -0.15) is 0 Å². The van der Waals surface area contributed by atoms with Gasteiger partial charge in [0.1, 0.15) is 0 Å². The molecule has 0 atom stereocenters. The highest BCUT2D eigenvalue weighted by atomic mass is 16.5. The fraction of sp³-hybridized carbons (Fsp3) is 0.125. The number of methoxy groups -OCH3 is 1. The Labute approximate surface area is 112 Å². The zero-order valence-corrected chi connectivity index (χ0v) is 10.7. The molecular weight excluding hydrogens is 238 g/mol. The first-order valence-electron chi connectivity index (χ1n) is 6.02. The lowest BCUT2D eigenvalue weighted by atomic mass is 10.1. The van der Waals surface area contributed by atoms with Crippen molar-refractivity contribution in [2.45, 2.75) is 6.42 Å². The predicted octanol–water partition coefficient (Wildman–Crippen LogP) is 2.97. The molecule has 0 spiro atoms. The molecule has 1 aromatic carbocycles. The zero-order valence-electron chi connectivity index (χ0n) is 10.7. The van der Waals surface area contributed by atoms with Gasteiger partial charge < -0.3 is 4.74 Å². The molecule has 96 valence electrons. The number of aromatic nitrogens is 1. The van der Waals surface area contributed by atoms with E-state index in [0.29, 0.717) is 6.42 Å². The summed E-state index contributed by atoms with van der Waals surface area (Å²) in [7, 11) is 1.40. The number of benzene rings is 1. The summed E-state index contributed by atoms with van der Waals surface area (Å²) in [6.45, 7) is 0. The molecule has 19 heavy (non-hydrogen) atoms. The van der Waals surface area contributed by atoms with Crippen molar-refractivity contribution in [1.82, 2.24) is 4.98 Å². The Bertz CT molecular complexity index is 559. The molecule has 1 heterocycles. The van der Waals surface area contributed by atoms with Gasteiger partial charge in [-0.05, 0) is 22.8 Å². The van der Waals surface area contributed by atoms with Crippen molar-refractivity contribution in [1.29, 1.82) is 0 Å². The second-order valence-corrected chi connectivity index (χ2v) is 4.11. The smallest absolute Gasteiger partial charge is 0.309 e. The third kappa shape index (κ3) is 4.07. The molecule has 0 saturated carbocycles. The van der Waals surface area contributed by atoms with Gasteiger partial charge in [0, 0.05) is 12.4 Å². The van der Waals surface area contributed by atoms with E-state index in [9.17, 15) is 4.79 Å². The first-order valence-corrected chi connectivity index (χ1v) is 6.02. The average Bonchev–Trinajstić information content (AvgIpc) is 2.47. The van der Waals surface area contributed by atoms with Crippen molar-refractivity contribution in [3.8, 4) is 0 Å². The zero-order chi connectivity index (χ0) is 13.5. The molecule has 0 amide bonds. The minimum atomic E-state index is -0.223. The summed E-state index contributed by atoms with van der Waals surface area (Å²) in [4.78, 5) is 15.2. The molecule has 0 aliphatic heterocycles. The van der Waals surface area contributed by atoms with Crippen LogP contribution in [-0.2, 0) is 16.0 Å². The number of nitrogens with zero attached hydrogens (tertiary/aromatic N) is 1. The molecule has 3 heteroatoms. The Kier molecular flexibility index (Phi) is 4.45. The van der Waals surface area contributed by atoms with E-state index in [1.54, 1.807) is 6.20 Å². The summed E-state index contributed by atoms with van der Waals surface area (Å²) in [5.41, 5.74) is 3.09. The number of ether oxygens (including phenoxy) is 1. The normalized spacial score (nSPS) is 10.6. The predicted molar refractivity (Wildman–Crippen MR) is 75.3 cm³/mol. The van der Waals surface area contributed by atoms with Crippen molar-refractivity contribution in [2.75, 3.05) is 7.11 Å². The van der Waals surface area contributed by atoms with E-state index in [4.69, 9.17) is 0 Å². The molecule has 0 unspecified atom stereocenters. The topological polar surface area (TPSA) is 39.2 Å². The van der Waals surface area contributed by atoms with Gasteiger partial charge in [-0.25, -0.2) is 0 Å². The largest absolute Gasteiger partial charge is 0.469 e. The van der Waals surface area contributed by atoms with E-state index < -0.39 is 0 Å². The second kappa shape index (κ2) is 6.50. The summed E-state index contributed by atoms with van der Waals surface area (Å²) in [5, 5.41) is 0. The molecule has 0 saturated heterocycles. The van der Waals surface area contributed by atoms with Crippen molar-refractivity contribution >= 4 is 18.1 Å². The van der Waals surface area contributed by atoms with Crippen LogP contribution in [0.25, 0.3) is 12.2 Å². The summed E-state index contributed by atoms with van der Waals surface area (Å²) in [5.74, 6) is -0.223. The first-order chi connectivity index (χ1) is 9.28. The monoisotopic (exact) mass is 253 g/mol. The number of pyridine rings is 1. The van der Waals surface area contributed by atoms with Gasteiger partial charge in [0.05, 0.1) is 13.5 Å². The maximum absolute atomic E-state index is 11.1. The van der Waals surface area contributed by atoms with Crippen LogP contribution in [0.4, 0.5) is 0 Å². The van der Waals surface area contributed by atoms with Gasteiger partial charge in [0.15, 0.2) is 0 Å². The van der Waals surface area contributed by atoms with E-state index in [-0.39, 0.29) is 5.97 Å². The molecule has 3 nitrogen and oxygen atoms in total. The summed E-state index contributed by atoms with van der Waals surface area (Å²) in [6.07, 6.45) is 7.88. The third-order valence-corrected chi connectivity index (χ3v) is 2.71. The van der Waals surface area contributed by atoms with Crippen molar-refractivity contribution < 1.29 is 9.53 Å². The van der Waals surface area contributed by atoms with Gasteiger partial charge in [-0.15, -0.1) is 0 Å². The maximum atomic E-state index is 11.1. The van der Waals surface area contributed by atoms with Crippen LogP contribution in [0.5, 0.6) is 0 Å². The number of rotatable bonds is 4. The van der Waals surface area contributed by atoms with Gasteiger partial charge in [-0.1, -0.05) is 42.5 Å². The lowest BCUT2D eigenvalue weighted by Crippen LogP contribution is -2.03. The van der Waals surface area contributed by atoms with Crippen LogP contribution in [0.15, 0.2) is 48.8 Å². The Morgan fingerprint density at radius 2 is 1.89 bits per heavy atom. The Balaban J connectivity index is 2.03. The van der Waals surface area contributed by atoms with E-state index in [1.807, 2.05) is 54.7 Å². The van der Waals surface area contributed by atoms with E-state index in [1.165, 1.54) is 7.11 Å². The third-order valence-electron chi connectivity index (χ3n) is 2.71. The molecule has 0 aliphatic carbocycles. The van der Waals surface area contributed by atoms with Crippen LogP contribution in [0, 0.1) is 0 Å². The molecule has 0 N–H and O–H groups in total. The number of hydrogen-bond donors (Lipinski definition) is 0. The van der Waals surface area contributed by atoms with Crippen LogP contribution in [0.3, 0.4) is 0 Å². The Morgan fingerprint density at radius 3 is 2.53 bits per heavy atom. The first kappa shape index (κ1) is 13.0. The Hall–Kier alpha value is -2.42. The SMILES string of the molecule is COC(=O)Cc1ccc(/C=C\c2cccnc2)cc1. The van der Waals surface area contributed by atoms with Crippen LogP contribution in [-0.4, -0.2) is 18.1 Å². The van der Waals surface area contributed by atoms with Crippen molar-refractivity contribution in [3.63, 3.8) is 0 Å². The van der Waals surface area contributed by atoms with Crippen LogP contribution < -0.4 is 0 Å². The fourth-order valence-electron chi connectivity index (χ4n) is 1.65. The van der Waals surface area contributed by atoms with Crippen molar-refractivity contribution in [2.24, 2.45) is 0 Å². The molecule has 0 bridgehead atoms. The summed E-state index contributed by atoms with van der Waals surface area (Å²) >= 11 is 0. The molecule has 2 aromatic rings. The molecule has 0 radical (unpaired) electrons. The lowest BCUT2D eigenvalue weighted by molar-refractivity contribution is -0.139. The Morgan fingerprint density at radius 1 is 1.16 bits per heavy atom. The minimum Gasteiger partial charge on any atom is -0.469 e. The van der Waals surface area contributed by atoms with E-state index in [0.717, 1.165) is 16.7 Å². The van der Waals surface area contributed by atoms with Crippen LogP contribution in [0.1, 0.15) is 16.7 Å². The molecule has 0 fully saturated rings. The van der Waals surface area contributed by atoms with E-state index in [2.05, 4.69) is 9.72 Å². The highest BCUT2D eigenvalue weighted by molar-refractivity contribution is 5.73. The number of carbonyl (C=O) groups excluding carboxylic acids is 1. The van der Waals surface area contributed by atoms with Gasteiger partial charge >= 0.3 is 5.97 Å². The highest BCUT2D eigenvalue weighted by Gasteiger charge is 2.01. The van der Waals surface area contributed by atoms with Crippen molar-refractivity contribution in [3.05, 3.63) is 65.5 Å². The standard InChI is InChI=1S/C16H15NO2/c1-19-16(18)11-14-7-4-13(5-8-14)6-9-15-3-2-10-17-12-15/h2-10,12H,11H2,1H3/b9-6-. The molecule has 0 aliphatic rings. The quantitative estimate of drug-likeness (QED) is 0.786. The molecular formula is C16H15NO2. The molecule has 2 rings (SSSR count). The highest BCUT2D eigenvalue weighted by Crippen LogP contribution is 2.10. The minimum absolute atomic E-state index is 0.223.